The van der Waals surface area contributed by atoms with Crippen molar-refractivity contribution in [3.63, 3.8) is 0 Å². The first kappa shape index (κ1) is 9.70. The molecule has 10 heavy (non-hydrogen) atoms. The van der Waals surface area contributed by atoms with Gasteiger partial charge in [-0.1, -0.05) is 25.5 Å². The smallest absolute Gasteiger partial charge is 0.0626 e. The molecule has 0 fully saturated rings. The van der Waals surface area contributed by atoms with Crippen LogP contribution in [0.5, 0.6) is 0 Å². The van der Waals surface area contributed by atoms with E-state index in [0.717, 1.165) is 12.8 Å². The van der Waals surface area contributed by atoms with Crippen molar-refractivity contribution < 1.29 is 5.11 Å². The van der Waals surface area contributed by atoms with Crippen LogP contribution in [0.1, 0.15) is 40.0 Å². The third kappa shape index (κ3) is 7.70. The Morgan fingerprint density at radius 2 is 1.90 bits per heavy atom. The highest BCUT2D eigenvalue weighted by molar-refractivity contribution is 4.86. The number of hydrogen-bond donors (Lipinski definition) is 1. The molecule has 0 bridgehead atoms. The largest absolute Gasteiger partial charge is 0.390 e. The molecule has 0 aromatic rings. The Morgan fingerprint density at radius 1 is 1.30 bits per heavy atom. The summed E-state index contributed by atoms with van der Waals surface area (Å²) in [6, 6.07) is 0. The quantitative estimate of drug-likeness (QED) is 0.598. The molecule has 0 amide bonds. The monoisotopic (exact) mass is 142 g/mol. The standard InChI is InChI=1S/C9H18O/c1-4-5-6-7-8-9(2,3)10/h6-7,10H,4-5,8H2,1-3H3/b7-6-. The van der Waals surface area contributed by atoms with Crippen LogP contribution in [-0.4, -0.2) is 10.7 Å². The highest BCUT2D eigenvalue weighted by Crippen LogP contribution is 2.07. The number of aliphatic hydroxyl groups is 1. The van der Waals surface area contributed by atoms with Crippen molar-refractivity contribution in [1.82, 2.24) is 0 Å². The third-order valence-corrected chi connectivity index (χ3v) is 1.24. The number of hydrogen-bond acceptors (Lipinski definition) is 1. The van der Waals surface area contributed by atoms with Gasteiger partial charge in [-0.25, -0.2) is 0 Å². The summed E-state index contributed by atoms with van der Waals surface area (Å²) in [6.07, 6.45) is 7.23. The highest BCUT2D eigenvalue weighted by Gasteiger charge is 2.07. The highest BCUT2D eigenvalue weighted by atomic mass is 16.3. The summed E-state index contributed by atoms with van der Waals surface area (Å²) >= 11 is 0. The Bertz CT molecular complexity index is 97.8. The summed E-state index contributed by atoms with van der Waals surface area (Å²) in [7, 11) is 0. The molecule has 0 unspecified atom stereocenters. The van der Waals surface area contributed by atoms with Crippen molar-refractivity contribution in [2.75, 3.05) is 0 Å². The molecule has 0 aromatic carbocycles. The van der Waals surface area contributed by atoms with E-state index in [9.17, 15) is 5.11 Å². The zero-order chi connectivity index (χ0) is 8.04. The van der Waals surface area contributed by atoms with Gasteiger partial charge in [-0.15, -0.1) is 0 Å². The Morgan fingerprint density at radius 3 is 2.30 bits per heavy atom. The third-order valence-electron chi connectivity index (χ3n) is 1.24. The van der Waals surface area contributed by atoms with Crippen molar-refractivity contribution in [2.24, 2.45) is 0 Å². The molecule has 1 heteroatoms. The van der Waals surface area contributed by atoms with Crippen LogP contribution >= 0.6 is 0 Å². The predicted molar refractivity (Wildman–Crippen MR) is 45.0 cm³/mol. The maximum atomic E-state index is 9.27. The summed E-state index contributed by atoms with van der Waals surface area (Å²) in [6.45, 7) is 5.79. The van der Waals surface area contributed by atoms with Crippen molar-refractivity contribution in [3.05, 3.63) is 12.2 Å². The number of allylic oxidation sites excluding steroid dienone is 1. The van der Waals surface area contributed by atoms with Gasteiger partial charge < -0.3 is 5.11 Å². The van der Waals surface area contributed by atoms with Crippen LogP contribution in [0, 0.1) is 0 Å². The minimum atomic E-state index is -0.537. The fourth-order valence-corrected chi connectivity index (χ4v) is 0.656. The Hall–Kier alpha value is -0.300. The molecule has 0 aliphatic carbocycles. The molecule has 0 saturated heterocycles. The molecule has 0 saturated carbocycles. The van der Waals surface area contributed by atoms with E-state index in [1.807, 2.05) is 19.9 Å². The Balaban J connectivity index is 3.34. The lowest BCUT2D eigenvalue weighted by Gasteiger charge is -2.13. The molecule has 0 aliphatic heterocycles. The maximum absolute atomic E-state index is 9.27. The molecule has 0 rings (SSSR count). The average molecular weight is 142 g/mol. The van der Waals surface area contributed by atoms with E-state index in [-0.39, 0.29) is 0 Å². The molecular formula is C9H18O. The second-order valence-corrected chi connectivity index (χ2v) is 3.28. The second kappa shape index (κ2) is 4.51. The lowest BCUT2D eigenvalue weighted by atomic mass is 10.1. The molecule has 0 aromatic heterocycles. The van der Waals surface area contributed by atoms with E-state index < -0.39 is 5.60 Å². The van der Waals surface area contributed by atoms with E-state index in [4.69, 9.17) is 0 Å². The van der Waals surface area contributed by atoms with Gasteiger partial charge >= 0.3 is 0 Å². The predicted octanol–water partition coefficient (Wildman–Crippen LogP) is 2.50. The summed E-state index contributed by atoms with van der Waals surface area (Å²) in [5.74, 6) is 0. The summed E-state index contributed by atoms with van der Waals surface area (Å²) in [5.41, 5.74) is -0.537. The second-order valence-electron chi connectivity index (χ2n) is 3.28. The van der Waals surface area contributed by atoms with E-state index in [1.54, 1.807) is 0 Å². The van der Waals surface area contributed by atoms with Crippen LogP contribution in [0.2, 0.25) is 0 Å². The molecule has 0 spiro atoms. The minimum Gasteiger partial charge on any atom is -0.390 e. The first-order chi connectivity index (χ1) is 4.56. The molecular weight excluding hydrogens is 124 g/mol. The Labute approximate surface area is 63.8 Å². The number of rotatable bonds is 4. The van der Waals surface area contributed by atoms with Gasteiger partial charge in [0.05, 0.1) is 5.60 Å². The summed E-state index contributed by atoms with van der Waals surface area (Å²) < 4.78 is 0. The van der Waals surface area contributed by atoms with Gasteiger partial charge in [0.25, 0.3) is 0 Å². The van der Waals surface area contributed by atoms with Crippen LogP contribution in [0.25, 0.3) is 0 Å². The van der Waals surface area contributed by atoms with E-state index >= 15 is 0 Å². The van der Waals surface area contributed by atoms with Gasteiger partial charge in [-0.3, -0.25) is 0 Å². The molecule has 0 atom stereocenters. The van der Waals surface area contributed by atoms with Gasteiger partial charge in [0.1, 0.15) is 0 Å². The van der Waals surface area contributed by atoms with Gasteiger partial charge in [0, 0.05) is 0 Å². The van der Waals surface area contributed by atoms with Crippen molar-refractivity contribution in [1.29, 1.82) is 0 Å². The van der Waals surface area contributed by atoms with Crippen molar-refractivity contribution in [2.45, 2.75) is 45.6 Å². The van der Waals surface area contributed by atoms with Gasteiger partial charge in [0.2, 0.25) is 0 Å². The van der Waals surface area contributed by atoms with Crippen LogP contribution in [-0.2, 0) is 0 Å². The zero-order valence-corrected chi connectivity index (χ0v) is 7.22. The SMILES string of the molecule is CCC/C=C\CC(C)(C)O. The normalized spacial score (nSPS) is 12.8. The van der Waals surface area contributed by atoms with Gasteiger partial charge in [-0.2, -0.15) is 0 Å². The topological polar surface area (TPSA) is 20.2 Å². The zero-order valence-electron chi connectivity index (χ0n) is 7.22. The molecule has 1 nitrogen and oxygen atoms in total. The molecule has 0 aliphatic rings. The van der Waals surface area contributed by atoms with Crippen LogP contribution in [0.3, 0.4) is 0 Å². The molecule has 0 radical (unpaired) electrons. The minimum absolute atomic E-state index is 0.537. The van der Waals surface area contributed by atoms with E-state index in [0.29, 0.717) is 0 Å². The van der Waals surface area contributed by atoms with Gasteiger partial charge in [0.15, 0.2) is 0 Å². The van der Waals surface area contributed by atoms with Crippen LogP contribution < -0.4 is 0 Å². The van der Waals surface area contributed by atoms with Crippen LogP contribution in [0.15, 0.2) is 12.2 Å². The first-order valence-electron chi connectivity index (χ1n) is 3.93. The Kier molecular flexibility index (Phi) is 4.37. The lowest BCUT2D eigenvalue weighted by Crippen LogP contribution is -2.16. The lowest BCUT2D eigenvalue weighted by molar-refractivity contribution is 0.0838. The van der Waals surface area contributed by atoms with Crippen molar-refractivity contribution >= 4 is 0 Å². The van der Waals surface area contributed by atoms with E-state index in [1.165, 1.54) is 6.42 Å². The average Bonchev–Trinajstić information content (AvgIpc) is 1.78. The molecule has 60 valence electrons. The van der Waals surface area contributed by atoms with E-state index in [2.05, 4.69) is 13.0 Å². The number of unbranched alkanes of at least 4 members (excludes halogenated alkanes) is 1. The summed E-state index contributed by atoms with van der Waals surface area (Å²) in [5, 5.41) is 9.27. The first-order valence-corrected chi connectivity index (χ1v) is 3.93. The van der Waals surface area contributed by atoms with Crippen molar-refractivity contribution in [3.8, 4) is 0 Å². The summed E-state index contributed by atoms with van der Waals surface area (Å²) in [4.78, 5) is 0. The maximum Gasteiger partial charge on any atom is 0.0626 e. The fraction of sp³-hybridized carbons (Fsp3) is 0.778. The molecule has 1 N–H and O–H groups in total. The molecule has 0 heterocycles. The fourth-order valence-electron chi connectivity index (χ4n) is 0.656. The van der Waals surface area contributed by atoms with Gasteiger partial charge in [-0.05, 0) is 26.7 Å². The van der Waals surface area contributed by atoms with Crippen LogP contribution in [0.4, 0.5) is 0 Å².